The number of amides is 2. The van der Waals surface area contributed by atoms with Crippen molar-refractivity contribution in [1.29, 1.82) is 0 Å². The zero-order valence-electron chi connectivity index (χ0n) is 10.9. The second kappa shape index (κ2) is 7.08. The van der Waals surface area contributed by atoms with Gasteiger partial charge < -0.3 is 5.32 Å². The third kappa shape index (κ3) is 4.43. The number of hydrogen-bond donors (Lipinski definition) is 2. The van der Waals surface area contributed by atoms with E-state index in [0.29, 0.717) is 6.07 Å². The van der Waals surface area contributed by atoms with Crippen LogP contribution >= 0.6 is 11.6 Å². The molecule has 1 unspecified atom stereocenters. The number of halogens is 7. The lowest BCUT2D eigenvalue weighted by Gasteiger charge is -2.26. The molecular weight excluding hydrogens is 338 g/mol. The fraction of sp³-hybridized carbons (Fsp3) is 0.417. The summed E-state index contributed by atoms with van der Waals surface area (Å²) in [6.45, 7) is -0.130. The highest BCUT2D eigenvalue weighted by atomic mass is 35.5. The Labute approximate surface area is 126 Å². The van der Waals surface area contributed by atoms with E-state index in [-0.39, 0.29) is 18.5 Å². The van der Waals surface area contributed by atoms with Crippen LogP contribution in [0.1, 0.15) is 11.1 Å². The van der Waals surface area contributed by atoms with Crippen molar-refractivity contribution < 1.29 is 31.1 Å². The molecule has 22 heavy (non-hydrogen) atoms. The third-order valence-electron chi connectivity index (χ3n) is 2.59. The van der Waals surface area contributed by atoms with Gasteiger partial charge in [-0.05, 0) is 12.1 Å². The smallest absolute Gasteiger partial charge is 0.337 e. The standard InChI is InChI=1S/C12H11ClF6N2O/c13-4-5-20-10(22)21-11(16,9(14)15)7-2-1-3-8(6-7)12(17,18)19/h1-3,6,9H,4-5H2,(H2,20,21,22). The fourth-order valence-electron chi connectivity index (χ4n) is 1.54. The summed E-state index contributed by atoms with van der Waals surface area (Å²) in [6, 6.07) is 0.994. The van der Waals surface area contributed by atoms with Crippen molar-refractivity contribution in [1.82, 2.24) is 10.6 Å². The summed E-state index contributed by atoms with van der Waals surface area (Å²) in [4.78, 5) is 11.3. The van der Waals surface area contributed by atoms with Gasteiger partial charge in [0.1, 0.15) is 0 Å². The minimum absolute atomic E-state index is 0.0507. The second-order valence-electron chi connectivity index (χ2n) is 4.16. The van der Waals surface area contributed by atoms with Crippen LogP contribution in [-0.4, -0.2) is 24.9 Å². The first-order chi connectivity index (χ1) is 10.1. The molecule has 0 spiro atoms. The van der Waals surface area contributed by atoms with Crippen LogP contribution in [0.2, 0.25) is 0 Å². The molecule has 1 aromatic carbocycles. The van der Waals surface area contributed by atoms with Gasteiger partial charge in [-0.15, -0.1) is 11.6 Å². The van der Waals surface area contributed by atoms with E-state index in [1.165, 1.54) is 5.32 Å². The van der Waals surface area contributed by atoms with E-state index in [9.17, 15) is 31.1 Å². The fourth-order valence-corrected chi connectivity index (χ4v) is 1.64. The maximum absolute atomic E-state index is 14.4. The summed E-state index contributed by atoms with van der Waals surface area (Å²) >= 11 is 5.26. The van der Waals surface area contributed by atoms with E-state index in [0.717, 1.165) is 12.1 Å². The van der Waals surface area contributed by atoms with Gasteiger partial charge in [-0.2, -0.15) is 13.2 Å². The molecular formula is C12H11ClF6N2O. The quantitative estimate of drug-likeness (QED) is 0.476. The highest BCUT2D eigenvalue weighted by Gasteiger charge is 2.45. The number of carbonyl (C=O) groups is 1. The predicted octanol–water partition coefficient (Wildman–Crippen LogP) is 3.63. The van der Waals surface area contributed by atoms with Gasteiger partial charge in [0, 0.05) is 18.0 Å². The lowest BCUT2D eigenvalue weighted by Crippen LogP contribution is -2.51. The van der Waals surface area contributed by atoms with Gasteiger partial charge in [-0.25, -0.2) is 18.0 Å². The first-order valence-corrected chi connectivity index (χ1v) is 6.41. The third-order valence-corrected chi connectivity index (χ3v) is 2.78. The van der Waals surface area contributed by atoms with E-state index in [2.05, 4.69) is 0 Å². The van der Waals surface area contributed by atoms with Crippen molar-refractivity contribution in [3.63, 3.8) is 0 Å². The Morgan fingerprint density at radius 3 is 2.27 bits per heavy atom. The SMILES string of the molecule is O=C(NCCCl)NC(F)(c1cccc(C(F)(F)F)c1)C(F)F. The first kappa shape index (κ1) is 18.4. The molecule has 1 atom stereocenters. The van der Waals surface area contributed by atoms with Crippen LogP contribution in [0.15, 0.2) is 24.3 Å². The van der Waals surface area contributed by atoms with Crippen LogP contribution in [0.25, 0.3) is 0 Å². The van der Waals surface area contributed by atoms with Gasteiger partial charge in [0.15, 0.2) is 0 Å². The Balaban J connectivity index is 3.12. The van der Waals surface area contributed by atoms with Crippen molar-refractivity contribution >= 4 is 17.6 Å². The van der Waals surface area contributed by atoms with Gasteiger partial charge in [0.25, 0.3) is 12.2 Å². The molecule has 0 saturated heterocycles. The van der Waals surface area contributed by atoms with Crippen LogP contribution in [-0.2, 0) is 12.0 Å². The van der Waals surface area contributed by atoms with Crippen LogP contribution in [0.3, 0.4) is 0 Å². The molecule has 0 aliphatic rings. The zero-order chi connectivity index (χ0) is 17.0. The number of benzene rings is 1. The highest BCUT2D eigenvalue weighted by Crippen LogP contribution is 2.35. The molecule has 0 aliphatic carbocycles. The summed E-state index contributed by atoms with van der Waals surface area (Å²) in [5.74, 6) is -3.82. The largest absolute Gasteiger partial charge is 0.416 e. The van der Waals surface area contributed by atoms with E-state index in [4.69, 9.17) is 11.6 Å². The number of carbonyl (C=O) groups excluding carboxylic acids is 1. The normalized spacial score (nSPS) is 14.5. The molecule has 2 amide bonds. The van der Waals surface area contributed by atoms with E-state index >= 15 is 0 Å². The lowest BCUT2D eigenvalue weighted by molar-refractivity contribution is -0.137. The van der Waals surface area contributed by atoms with Crippen molar-refractivity contribution in [3.8, 4) is 0 Å². The van der Waals surface area contributed by atoms with Crippen molar-refractivity contribution in [3.05, 3.63) is 35.4 Å². The summed E-state index contributed by atoms with van der Waals surface area (Å²) in [6.07, 6.45) is -8.61. The molecule has 2 N–H and O–H groups in total. The van der Waals surface area contributed by atoms with Gasteiger partial charge in [-0.1, -0.05) is 12.1 Å². The summed E-state index contributed by atoms with van der Waals surface area (Å²) in [5, 5.41) is 3.31. The van der Waals surface area contributed by atoms with E-state index in [1.807, 2.05) is 5.32 Å². The van der Waals surface area contributed by atoms with Gasteiger partial charge in [-0.3, -0.25) is 5.32 Å². The average Bonchev–Trinajstić information content (AvgIpc) is 2.44. The molecule has 0 heterocycles. The number of rotatable bonds is 5. The second-order valence-corrected chi connectivity index (χ2v) is 4.54. The van der Waals surface area contributed by atoms with Gasteiger partial charge in [0.05, 0.1) is 5.56 Å². The Hall–Kier alpha value is -1.64. The molecule has 0 radical (unpaired) electrons. The Morgan fingerprint density at radius 2 is 1.77 bits per heavy atom. The molecule has 0 aromatic heterocycles. The van der Waals surface area contributed by atoms with Crippen LogP contribution < -0.4 is 10.6 Å². The summed E-state index contributed by atoms with van der Waals surface area (Å²) < 4.78 is 78.0. The lowest BCUT2D eigenvalue weighted by atomic mass is 10.0. The van der Waals surface area contributed by atoms with Crippen molar-refractivity contribution in [2.75, 3.05) is 12.4 Å². The topological polar surface area (TPSA) is 41.1 Å². The maximum Gasteiger partial charge on any atom is 0.416 e. The zero-order valence-corrected chi connectivity index (χ0v) is 11.6. The monoisotopic (exact) mass is 348 g/mol. The molecule has 3 nitrogen and oxygen atoms in total. The number of urea groups is 1. The number of nitrogens with one attached hydrogen (secondary N) is 2. The van der Waals surface area contributed by atoms with Crippen LogP contribution in [0.4, 0.5) is 31.1 Å². The van der Waals surface area contributed by atoms with Gasteiger partial charge >= 0.3 is 12.2 Å². The van der Waals surface area contributed by atoms with E-state index < -0.39 is 35.6 Å². The Bertz CT molecular complexity index is 525. The minimum Gasteiger partial charge on any atom is -0.337 e. The molecule has 1 aromatic rings. The molecule has 0 fully saturated rings. The highest BCUT2D eigenvalue weighted by molar-refractivity contribution is 6.18. The molecule has 10 heteroatoms. The molecule has 0 aliphatic heterocycles. The molecule has 1 rings (SSSR count). The molecule has 0 saturated carbocycles. The first-order valence-electron chi connectivity index (χ1n) is 5.88. The van der Waals surface area contributed by atoms with Crippen molar-refractivity contribution in [2.45, 2.75) is 18.4 Å². The minimum atomic E-state index is -4.83. The average molecular weight is 349 g/mol. The number of alkyl halides is 7. The van der Waals surface area contributed by atoms with Crippen molar-refractivity contribution in [2.24, 2.45) is 0 Å². The van der Waals surface area contributed by atoms with Gasteiger partial charge in [0.2, 0.25) is 0 Å². The molecule has 124 valence electrons. The maximum atomic E-state index is 14.4. The predicted molar refractivity (Wildman–Crippen MR) is 67.5 cm³/mol. The van der Waals surface area contributed by atoms with Crippen LogP contribution in [0, 0.1) is 0 Å². The van der Waals surface area contributed by atoms with E-state index in [1.54, 1.807) is 0 Å². The number of hydrogen-bond acceptors (Lipinski definition) is 1. The summed E-state index contributed by atoms with van der Waals surface area (Å²) in [5.41, 5.74) is -2.33. The Morgan fingerprint density at radius 1 is 1.18 bits per heavy atom. The summed E-state index contributed by atoms with van der Waals surface area (Å²) in [7, 11) is 0. The molecule has 0 bridgehead atoms. The van der Waals surface area contributed by atoms with Crippen LogP contribution in [0.5, 0.6) is 0 Å². The Kier molecular flexibility index (Phi) is 5.92.